The first kappa shape index (κ1) is 14.6. The second kappa shape index (κ2) is 5.28. The summed E-state index contributed by atoms with van der Waals surface area (Å²) >= 11 is 0. The van der Waals surface area contributed by atoms with E-state index in [2.05, 4.69) is 0 Å². The quantitative estimate of drug-likeness (QED) is 0.808. The molecule has 1 aliphatic heterocycles. The van der Waals surface area contributed by atoms with E-state index in [0.717, 1.165) is 0 Å². The molecule has 1 aromatic heterocycles. The summed E-state index contributed by atoms with van der Waals surface area (Å²) in [6.45, 7) is 6.11. The number of amides is 1. The number of aromatic nitrogens is 1. The Kier molecular flexibility index (Phi) is 3.85. The number of likely N-dealkylation sites (tertiary alicyclic amines) is 1. The van der Waals surface area contributed by atoms with Gasteiger partial charge in [-0.25, -0.2) is 4.79 Å². The summed E-state index contributed by atoms with van der Waals surface area (Å²) in [5.41, 5.74) is -0.542. The SMILES string of the molecule is CC(C)(C)OC(=O)N1C[C@@H](O)[C@H](n2ccc(=N)cc2)C1. The minimum absolute atomic E-state index is 0.205. The van der Waals surface area contributed by atoms with Crippen molar-refractivity contribution in [1.29, 1.82) is 5.41 Å². The van der Waals surface area contributed by atoms with Crippen LogP contribution in [0.3, 0.4) is 0 Å². The average Bonchev–Trinajstić information content (AvgIpc) is 2.70. The molecule has 0 unspecified atom stereocenters. The van der Waals surface area contributed by atoms with E-state index in [9.17, 15) is 9.90 Å². The number of hydrogen-bond donors (Lipinski definition) is 2. The third-order valence-corrected chi connectivity index (χ3v) is 3.15. The zero-order valence-corrected chi connectivity index (χ0v) is 12.0. The zero-order valence-electron chi connectivity index (χ0n) is 12.0. The van der Waals surface area contributed by atoms with E-state index in [0.29, 0.717) is 11.9 Å². The lowest BCUT2D eigenvalue weighted by molar-refractivity contribution is 0.0270. The molecule has 1 amide bonds. The van der Waals surface area contributed by atoms with Gasteiger partial charge in [0, 0.05) is 18.9 Å². The van der Waals surface area contributed by atoms with Crippen LogP contribution in [0.1, 0.15) is 26.8 Å². The van der Waals surface area contributed by atoms with Gasteiger partial charge in [-0.05, 0) is 32.9 Å². The molecule has 0 saturated carbocycles. The second-order valence-electron chi connectivity index (χ2n) is 6.05. The number of nitrogens with one attached hydrogen (secondary N) is 1. The molecule has 6 nitrogen and oxygen atoms in total. The van der Waals surface area contributed by atoms with Crippen LogP contribution in [-0.2, 0) is 4.74 Å². The van der Waals surface area contributed by atoms with E-state index in [4.69, 9.17) is 10.1 Å². The highest BCUT2D eigenvalue weighted by Crippen LogP contribution is 2.23. The lowest BCUT2D eigenvalue weighted by Gasteiger charge is -2.24. The van der Waals surface area contributed by atoms with Gasteiger partial charge in [0.15, 0.2) is 0 Å². The van der Waals surface area contributed by atoms with Crippen LogP contribution < -0.4 is 5.36 Å². The summed E-state index contributed by atoms with van der Waals surface area (Å²) in [4.78, 5) is 13.5. The summed E-state index contributed by atoms with van der Waals surface area (Å²) in [5.74, 6) is 0. The van der Waals surface area contributed by atoms with Crippen LogP contribution in [0.5, 0.6) is 0 Å². The first-order valence-electron chi connectivity index (χ1n) is 6.65. The lowest BCUT2D eigenvalue weighted by Crippen LogP contribution is -2.35. The monoisotopic (exact) mass is 279 g/mol. The van der Waals surface area contributed by atoms with Crippen LogP contribution in [0.25, 0.3) is 0 Å². The molecule has 1 fully saturated rings. The van der Waals surface area contributed by atoms with E-state index < -0.39 is 17.8 Å². The van der Waals surface area contributed by atoms with Crippen LogP contribution in [-0.4, -0.2) is 45.5 Å². The topological polar surface area (TPSA) is 78.5 Å². The molecule has 0 spiro atoms. The van der Waals surface area contributed by atoms with E-state index in [1.54, 1.807) is 24.5 Å². The predicted octanol–water partition coefficient (Wildman–Crippen LogP) is 1.12. The number of β-amino-alcohol motifs (C(OH)–C–C–N with tert-alkyl or cyclic N) is 1. The summed E-state index contributed by atoms with van der Waals surface area (Å²) in [5, 5.41) is 18.0. The Morgan fingerprint density at radius 1 is 1.35 bits per heavy atom. The van der Waals surface area contributed by atoms with Gasteiger partial charge in [-0.15, -0.1) is 0 Å². The number of aliphatic hydroxyl groups is 1. The van der Waals surface area contributed by atoms with E-state index in [1.165, 1.54) is 4.90 Å². The minimum atomic E-state index is -0.635. The van der Waals surface area contributed by atoms with Crippen molar-refractivity contribution >= 4 is 6.09 Å². The van der Waals surface area contributed by atoms with Gasteiger partial charge in [0.1, 0.15) is 5.60 Å². The molecule has 0 aromatic carbocycles. The number of pyridine rings is 1. The van der Waals surface area contributed by atoms with Gasteiger partial charge >= 0.3 is 6.09 Å². The van der Waals surface area contributed by atoms with E-state index >= 15 is 0 Å². The Morgan fingerprint density at radius 3 is 2.50 bits per heavy atom. The average molecular weight is 279 g/mol. The number of aliphatic hydroxyl groups excluding tert-OH is 1. The molecule has 110 valence electrons. The summed E-state index contributed by atoms with van der Waals surface area (Å²) in [6, 6.07) is 3.11. The highest BCUT2D eigenvalue weighted by Gasteiger charge is 2.36. The number of carbonyl (C=O) groups is 1. The molecule has 1 aliphatic rings. The maximum Gasteiger partial charge on any atom is 0.410 e. The first-order valence-corrected chi connectivity index (χ1v) is 6.65. The number of rotatable bonds is 1. The molecular formula is C14H21N3O3. The number of nitrogens with zero attached hydrogens (tertiary/aromatic N) is 2. The van der Waals surface area contributed by atoms with Crippen LogP contribution in [0, 0.1) is 5.41 Å². The van der Waals surface area contributed by atoms with Crippen molar-refractivity contribution in [3.05, 3.63) is 29.9 Å². The Bertz CT molecular complexity index is 527. The molecule has 1 saturated heterocycles. The van der Waals surface area contributed by atoms with Gasteiger partial charge in [0.25, 0.3) is 0 Å². The molecule has 20 heavy (non-hydrogen) atoms. The van der Waals surface area contributed by atoms with Crippen LogP contribution >= 0.6 is 0 Å². The zero-order chi connectivity index (χ0) is 14.9. The first-order chi connectivity index (χ1) is 9.26. The number of hydrogen-bond acceptors (Lipinski definition) is 4. The van der Waals surface area contributed by atoms with Crippen molar-refractivity contribution in [2.24, 2.45) is 0 Å². The molecule has 0 radical (unpaired) electrons. The molecule has 1 aromatic rings. The highest BCUT2D eigenvalue weighted by atomic mass is 16.6. The Labute approximate surface area is 118 Å². The fraction of sp³-hybridized carbons (Fsp3) is 0.571. The maximum atomic E-state index is 12.0. The molecule has 2 N–H and O–H groups in total. The summed E-state index contributed by atoms with van der Waals surface area (Å²) < 4.78 is 7.14. The van der Waals surface area contributed by atoms with E-state index in [1.807, 2.05) is 25.3 Å². The van der Waals surface area contributed by atoms with Crippen molar-refractivity contribution < 1.29 is 14.6 Å². The van der Waals surface area contributed by atoms with Gasteiger partial charge in [0.2, 0.25) is 0 Å². The van der Waals surface area contributed by atoms with Crippen LogP contribution in [0.15, 0.2) is 24.5 Å². The molecule has 0 aliphatic carbocycles. The Hall–Kier alpha value is -1.82. The number of ether oxygens (including phenoxy) is 1. The molecule has 2 atom stereocenters. The maximum absolute atomic E-state index is 12.0. The molecule has 0 bridgehead atoms. The normalized spacial score (nSPS) is 22.9. The lowest BCUT2D eigenvalue weighted by atomic mass is 10.2. The van der Waals surface area contributed by atoms with E-state index in [-0.39, 0.29) is 12.6 Å². The fourth-order valence-electron chi connectivity index (χ4n) is 2.20. The summed E-state index contributed by atoms with van der Waals surface area (Å²) in [6.07, 6.45) is 2.45. The van der Waals surface area contributed by atoms with Gasteiger partial charge in [-0.3, -0.25) is 0 Å². The molecule has 6 heteroatoms. The number of carbonyl (C=O) groups excluding carboxylic acids is 1. The van der Waals surface area contributed by atoms with Gasteiger partial charge in [0.05, 0.1) is 24.0 Å². The van der Waals surface area contributed by atoms with Gasteiger partial charge in [-0.1, -0.05) is 0 Å². The van der Waals surface area contributed by atoms with Gasteiger partial charge < -0.3 is 24.7 Å². The molecule has 2 rings (SSSR count). The van der Waals surface area contributed by atoms with Crippen LogP contribution in [0.4, 0.5) is 4.79 Å². The Balaban J connectivity index is 2.07. The second-order valence-corrected chi connectivity index (χ2v) is 6.05. The molecular weight excluding hydrogens is 258 g/mol. The van der Waals surface area contributed by atoms with Crippen molar-refractivity contribution in [1.82, 2.24) is 9.47 Å². The van der Waals surface area contributed by atoms with Crippen molar-refractivity contribution in [3.8, 4) is 0 Å². The molecule has 2 heterocycles. The largest absolute Gasteiger partial charge is 0.444 e. The third-order valence-electron chi connectivity index (χ3n) is 3.15. The predicted molar refractivity (Wildman–Crippen MR) is 73.1 cm³/mol. The smallest absolute Gasteiger partial charge is 0.410 e. The highest BCUT2D eigenvalue weighted by molar-refractivity contribution is 5.68. The van der Waals surface area contributed by atoms with Crippen LogP contribution in [0.2, 0.25) is 0 Å². The third kappa shape index (κ3) is 3.39. The Morgan fingerprint density at radius 2 is 1.95 bits per heavy atom. The van der Waals surface area contributed by atoms with Gasteiger partial charge in [-0.2, -0.15) is 0 Å². The van der Waals surface area contributed by atoms with Crippen molar-refractivity contribution in [3.63, 3.8) is 0 Å². The standard InChI is InChI=1S/C14H21N3O3/c1-14(2,3)20-13(19)17-8-11(12(18)9-17)16-6-4-10(15)5-7-16/h4-7,11-12,15,18H,8-9H2,1-3H3/t11-,12-/m1/s1. The fourth-order valence-corrected chi connectivity index (χ4v) is 2.20. The summed E-state index contributed by atoms with van der Waals surface area (Å²) in [7, 11) is 0. The minimum Gasteiger partial charge on any atom is -0.444 e. The van der Waals surface area contributed by atoms with Crippen molar-refractivity contribution in [2.45, 2.75) is 38.5 Å². The van der Waals surface area contributed by atoms with Crippen molar-refractivity contribution in [2.75, 3.05) is 13.1 Å².